The number of phenolic OH excluding ortho intramolecular Hbond substituents is 1. The summed E-state index contributed by atoms with van der Waals surface area (Å²) in [4.78, 5) is 40.3. The van der Waals surface area contributed by atoms with Crippen LogP contribution in [0.5, 0.6) is 17.2 Å². The van der Waals surface area contributed by atoms with Crippen LogP contribution in [-0.2, 0) is 19.1 Å². The van der Waals surface area contributed by atoms with Gasteiger partial charge in [-0.05, 0) is 86.6 Å². The number of benzene rings is 2. The van der Waals surface area contributed by atoms with E-state index in [0.717, 1.165) is 0 Å². The third-order valence-electron chi connectivity index (χ3n) is 11.6. The minimum absolute atomic E-state index is 0.0968. The molecule has 2 aromatic rings. The molecule has 0 radical (unpaired) electrons. The van der Waals surface area contributed by atoms with E-state index < -0.39 is 64.5 Å². The number of ketones is 1. The smallest absolute Gasteiger partial charge is 0.352 e. The number of hydrogen-bond acceptors (Lipinski definition) is 9. The van der Waals surface area contributed by atoms with Crippen LogP contribution in [0.15, 0.2) is 66.3 Å². The summed E-state index contributed by atoms with van der Waals surface area (Å²) in [5.74, 6) is -3.50. The fraction of sp³-hybridized carbons (Fsp3) is 0.459. The van der Waals surface area contributed by atoms with E-state index in [1.165, 1.54) is 54.6 Å². The predicted octanol–water partition coefficient (Wildman–Crippen LogP) is 6.66. The molecule has 0 spiro atoms. The highest BCUT2D eigenvalue weighted by molar-refractivity contribution is 6.32. The summed E-state index contributed by atoms with van der Waals surface area (Å²) in [5, 5.41) is 30.9. The van der Waals surface area contributed by atoms with Crippen LogP contribution in [0.1, 0.15) is 57.3 Å². The lowest BCUT2D eigenvalue weighted by Gasteiger charge is -2.63. The zero-order valence-corrected chi connectivity index (χ0v) is 27.8. The van der Waals surface area contributed by atoms with Crippen LogP contribution in [0, 0.1) is 45.8 Å². The van der Waals surface area contributed by atoms with Crippen molar-refractivity contribution < 1.29 is 43.2 Å². The van der Waals surface area contributed by atoms with Crippen molar-refractivity contribution in [3.05, 3.63) is 76.9 Å². The number of phenols is 1. The number of rotatable bonds is 6. The molecule has 0 amide bonds. The van der Waals surface area contributed by atoms with Crippen LogP contribution in [0.25, 0.3) is 0 Å². The molecule has 9 nitrogen and oxygen atoms in total. The van der Waals surface area contributed by atoms with Crippen LogP contribution in [0.4, 0.5) is 4.39 Å². The van der Waals surface area contributed by atoms with E-state index in [0.29, 0.717) is 29.9 Å². The molecular weight excluding hydrogens is 641 g/mol. The summed E-state index contributed by atoms with van der Waals surface area (Å²) in [6.07, 6.45) is 3.18. The average Bonchev–Trinajstić information content (AvgIpc) is 3.26. The maximum atomic E-state index is 17.8. The third-order valence-corrected chi connectivity index (χ3v) is 11.9. The fourth-order valence-electron chi connectivity index (χ4n) is 9.37. The van der Waals surface area contributed by atoms with Gasteiger partial charge in [-0.25, -0.2) is 14.0 Å². The fourth-order valence-corrected chi connectivity index (χ4v) is 9.54. The molecule has 0 aromatic heterocycles. The van der Waals surface area contributed by atoms with Crippen LogP contribution >= 0.6 is 11.6 Å². The molecule has 4 aliphatic carbocycles. The van der Waals surface area contributed by atoms with E-state index >= 15 is 4.39 Å². The Morgan fingerprint density at radius 1 is 1.08 bits per heavy atom. The Labute approximate surface area is 282 Å². The monoisotopic (exact) mass is 677 g/mol. The van der Waals surface area contributed by atoms with Gasteiger partial charge in [-0.3, -0.25) is 4.79 Å². The Kier molecular flexibility index (Phi) is 8.24. The van der Waals surface area contributed by atoms with E-state index in [1.807, 2.05) is 6.92 Å². The number of nitrogens with zero attached hydrogens (tertiary/aromatic N) is 1. The lowest BCUT2D eigenvalue weighted by Crippen LogP contribution is -2.70. The predicted molar refractivity (Wildman–Crippen MR) is 172 cm³/mol. The number of alkyl halides is 1. The molecule has 3 saturated carbocycles. The summed E-state index contributed by atoms with van der Waals surface area (Å²) in [7, 11) is 0. The lowest BCUT2D eigenvalue weighted by molar-refractivity contribution is -0.230. The molecule has 2 aromatic carbocycles. The summed E-state index contributed by atoms with van der Waals surface area (Å²) in [6, 6.07) is 12.1. The molecule has 6 rings (SSSR count). The van der Waals surface area contributed by atoms with Crippen LogP contribution in [0.2, 0.25) is 5.02 Å². The van der Waals surface area contributed by atoms with Crippen molar-refractivity contribution in [1.29, 1.82) is 5.26 Å². The molecule has 0 saturated heterocycles. The molecule has 252 valence electrons. The van der Waals surface area contributed by atoms with Gasteiger partial charge in [-0.15, -0.1) is 0 Å². The van der Waals surface area contributed by atoms with E-state index in [1.54, 1.807) is 32.9 Å². The van der Waals surface area contributed by atoms with Gasteiger partial charge < -0.3 is 24.4 Å². The second-order valence-corrected chi connectivity index (χ2v) is 14.4. The number of ether oxygens (including phenoxy) is 3. The van der Waals surface area contributed by atoms with Crippen molar-refractivity contribution in [1.82, 2.24) is 0 Å². The van der Waals surface area contributed by atoms with Crippen LogP contribution < -0.4 is 4.74 Å². The Balaban J connectivity index is 1.35. The van der Waals surface area contributed by atoms with Crippen molar-refractivity contribution >= 4 is 29.3 Å². The van der Waals surface area contributed by atoms with E-state index in [-0.39, 0.29) is 34.5 Å². The van der Waals surface area contributed by atoms with Gasteiger partial charge in [0.25, 0.3) is 0 Å². The van der Waals surface area contributed by atoms with Crippen molar-refractivity contribution in [3.8, 4) is 23.3 Å². The topological polar surface area (TPSA) is 143 Å². The number of fused-ring (bicyclic) bond motifs is 5. The summed E-state index contributed by atoms with van der Waals surface area (Å²) in [5.41, 5.74) is -5.92. The molecular formula is C37H37ClFNO8. The summed E-state index contributed by atoms with van der Waals surface area (Å²) in [6.45, 7) is 6.55. The molecule has 11 heteroatoms. The van der Waals surface area contributed by atoms with Gasteiger partial charge in [0, 0.05) is 28.7 Å². The van der Waals surface area contributed by atoms with Crippen molar-refractivity contribution in [2.75, 3.05) is 6.61 Å². The third kappa shape index (κ3) is 4.77. The first kappa shape index (κ1) is 33.7. The molecule has 48 heavy (non-hydrogen) atoms. The SMILES string of the molecule is C[C@@H]1C[C@H]2[C@@H]3C[C@H](C)C4=CC(=O)C=C[C@]4(C)[C@@]3(F)[C@@H](O)C[C@]2(C)[C@@]1(OC(=O)c1ccc(Oc2ccc(O)c(Cl)c2)cc1)C(=O)OCC#N. The van der Waals surface area contributed by atoms with Gasteiger partial charge >= 0.3 is 11.9 Å². The summed E-state index contributed by atoms with van der Waals surface area (Å²) < 4.78 is 35.2. The van der Waals surface area contributed by atoms with Gasteiger partial charge in [-0.2, -0.15) is 5.26 Å². The van der Waals surface area contributed by atoms with Crippen molar-refractivity contribution in [3.63, 3.8) is 0 Å². The lowest BCUT2D eigenvalue weighted by atomic mass is 9.43. The Morgan fingerprint density at radius 3 is 2.44 bits per heavy atom. The number of hydrogen-bond donors (Lipinski definition) is 2. The van der Waals surface area contributed by atoms with Crippen molar-refractivity contribution in [2.24, 2.45) is 34.5 Å². The normalized spacial score (nSPS) is 36.5. The van der Waals surface area contributed by atoms with Gasteiger partial charge in [0.05, 0.1) is 16.7 Å². The average molecular weight is 678 g/mol. The van der Waals surface area contributed by atoms with E-state index in [4.69, 9.17) is 25.8 Å². The highest BCUT2D eigenvalue weighted by Gasteiger charge is 2.78. The number of aromatic hydroxyl groups is 1. The van der Waals surface area contributed by atoms with E-state index in [9.17, 15) is 29.9 Å². The zero-order valence-electron chi connectivity index (χ0n) is 27.0. The molecule has 3 fully saturated rings. The number of carbonyl (C=O) groups is 3. The van der Waals surface area contributed by atoms with Gasteiger partial charge in [0.2, 0.25) is 5.60 Å². The first-order chi connectivity index (χ1) is 22.6. The molecule has 0 unspecified atom stereocenters. The quantitative estimate of drug-likeness (QED) is 0.321. The highest BCUT2D eigenvalue weighted by atomic mass is 35.5. The first-order valence-corrected chi connectivity index (χ1v) is 16.4. The van der Waals surface area contributed by atoms with E-state index in [2.05, 4.69) is 0 Å². The minimum atomic E-state index is -2.17. The molecule has 9 atom stereocenters. The number of allylic oxidation sites excluding steroid dienone is 4. The van der Waals surface area contributed by atoms with Crippen molar-refractivity contribution in [2.45, 2.75) is 64.3 Å². The first-order valence-electron chi connectivity index (χ1n) is 16.0. The van der Waals surface area contributed by atoms with Gasteiger partial charge in [0.15, 0.2) is 18.1 Å². The zero-order chi connectivity index (χ0) is 34.8. The van der Waals surface area contributed by atoms with Gasteiger partial charge in [0.1, 0.15) is 23.3 Å². The second kappa shape index (κ2) is 11.7. The number of carbonyl (C=O) groups excluding carboxylic acids is 3. The van der Waals surface area contributed by atoms with Crippen LogP contribution in [-0.4, -0.2) is 51.9 Å². The Bertz CT molecular complexity index is 1790. The maximum absolute atomic E-state index is 17.8. The van der Waals surface area contributed by atoms with Gasteiger partial charge in [-0.1, -0.05) is 44.0 Å². The number of aliphatic hydroxyl groups excluding tert-OH is 1. The standard InChI is InChI=1S/C37H37ClFNO8/c1-20-15-28-27-16-21(2)37(33(45)46-14-13-40,35(27,4)19-31(43)36(28,39)34(3)12-11-23(41)17-26(20)34)48-32(44)22-5-7-24(8-6-22)47-25-9-10-30(42)29(38)18-25/h5-12,17-18,20-21,27-28,31,42-43H,14-16,19H2,1-4H3/t20-,21+,27-,28-,31-,34-,35-,36-,37-/m0/s1. The number of halogens is 2. The number of nitriles is 1. The molecule has 4 aliphatic rings. The molecule has 0 heterocycles. The number of aliphatic hydroxyl groups is 1. The maximum Gasteiger partial charge on any atom is 0.352 e. The van der Waals surface area contributed by atoms with Crippen LogP contribution in [0.3, 0.4) is 0 Å². The molecule has 2 N–H and O–H groups in total. The highest BCUT2D eigenvalue weighted by Crippen LogP contribution is 2.72. The minimum Gasteiger partial charge on any atom is -0.506 e. The largest absolute Gasteiger partial charge is 0.506 e. The second-order valence-electron chi connectivity index (χ2n) is 14.0. The Morgan fingerprint density at radius 2 is 1.77 bits per heavy atom. The molecule has 0 bridgehead atoms. The number of esters is 2. The molecule has 0 aliphatic heterocycles. The summed E-state index contributed by atoms with van der Waals surface area (Å²) >= 11 is 5.97. The Hall–Kier alpha value is -4.20.